The maximum absolute atomic E-state index is 13.1. The Bertz CT molecular complexity index is 4830. The molecule has 0 spiro atoms. The van der Waals surface area contributed by atoms with Crippen LogP contribution in [0.1, 0.15) is 258 Å². The van der Waals surface area contributed by atoms with Crippen molar-refractivity contribution in [3.8, 4) is 46.0 Å². The molecule has 3 saturated heterocycles. The second kappa shape index (κ2) is 40.4. The molecule has 29 heteroatoms. The number of fused-ring (bicyclic) bond motifs is 15. The number of ketones is 3. The fraction of sp³-hybridized carbons (Fsp3) is 0.531. The number of ether oxygens (including phenoxy) is 15. The molecule has 0 radical (unpaired) electrons. The number of hydrogen-bond donors (Lipinski definition) is 6. The number of carbonyl (C=O) groups excluding carboxylic acids is 8. The lowest BCUT2D eigenvalue weighted by Crippen LogP contribution is -2.38. The van der Waals surface area contributed by atoms with Gasteiger partial charge in [0.15, 0.2) is 34.7 Å². The third kappa shape index (κ3) is 23.5. The summed E-state index contributed by atoms with van der Waals surface area (Å²) in [6, 6.07) is 21.5. The van der Waals surface area contributed by atoms with E-state index in [1.54, 1.807) is 94.5 Å². The van der Waals surface area contributed by atoms with E-state index in [-0.39, 0.29) is 135 Å². The van der Waals surface area contributed by atoms with E-state index < -0.39 is 114 Å². The van der Waals surface area contributed by atoms with Crippen molar-refractivity contribution in [1.29, 1.82) is 0 Å². The molecule has 6 N–H and O–H groups in total. The smallest absolute Gasteiger partial charge is 0.342 e. The molecule has 127 heavy (non-hydrogen) atoms. The summed E-state index contributed by atoms with van der Waals surface area (Å²) < 4.78 is 85.8. The number of methoxy groups -OCH3 is 4. The lowest BCUT2D eigenvalue weighted by Gasteiger charge is -2.25. The fourth-order valence-electron chi connectivity index (χ4n) is 17.9. The molecule has 21 atom stereocenters. The third-order valence-electron chi connectivity index (χ3n) is 24.3. The SMILES string of the molecule is CC.COc1cc(O)c2c(c1)C1CC1C[C@@H]1OC(C)(C)O[C@@H]1C(=O)/C=C\C[C@H](C)OC2=O.COc1cc(O)c2c(c1)C1CC1C[C@@H]1OC(C)(C)O[C@@H]1C(=O)/C=C\C[C@H](C)OC2=O.COc1cc(O)c2c(c1)C1CC1C[C@@H]1OC(C)(C)O[C@@H]1C(OC(=O)c1ccccc1)/C=C\C[C@H](C)OC2=O.COc1cc(O)c2c(c1)C1CC1C[C@H](O)[C@H](O)C(=O)/C=C\C[C@H](C)OC2=O. The fourth-order valence-corrected chi connectivity index (χ4v) is 17.9. The van der Waals surface area contributed by atoms with Crippen LogP contribution >= 0.6 is 0 Å². The van der Waals surface area contributed by atoms with E-state index in [0.717, 1.165) is 19.3 Å². The first-order chi connectivity index (χ1) is 60.3. The van der Waals surface area contributed by atoms with Crippen LogP contribution in [0.5, 0.6) is 46.0 Å². The number of benzene rings is 5. The van der Waals surface area contributed by atoms with Crippen LogP contribution in [-0.2, 0) is 66.5 Å². The summed E-state index contributed by atoms with van der Waals surface area (Å²) in [6.07, 6.45) is 11.1. The normalized spacial score (nSPS) is 32.3. The second-order valence-corrected chi connectivity index (χ2v) is 35.5. The zero-order chi connectivity index (χ0) is 92.0. The maximum atomic E-state index is 13.1. The minimum Gasteiger partial charge on any atom is -0.507 e. The van der Waals surface area contributed by atoms with Gasteiger partial charge in [0.05, 0.1) is 58.4 Å². The van der Waals surface area contributed by atoms with Crippen molar-refractivity contribution in [2.75, 3.05) is 28.4 Å². The minimum atomic E-state index is -1.48. The summed E-state index contributed by atoms with van der Waals surface area (Å²) in [7, 11) is 6.02. The van der Waals surface area contributed by atoms with Gasteiger partial charge in [-0.25, -0.2) is 24.0 Å². The van der Waals surface area contributed by atoms with Crippen LogP contribution in [0.2, 0.25) is 0 Å². The average Bonchev–Trinajstić information content (AvgIpc) is 1.62. The molecule has 7 fully saturated rings. The molecule has 9 unspecified atom stereocenters. The Hall–Kier alpha value is -10.5. The lowest BCUT2D eigenvalue weighted by atomic mass is 9.96. The molecule has 686 valence electrons. The van der Waals surface area contributed by atoms with Crippen molar-refractivity contribution in [2.45, 2.75) is 281 Å². The van der Waals surface area contributed by atoms with Crippen molar-refractivity contribution < 1.29 is 140 Å². The van der Waals surface area contributed by atoms with Gasteiger partial charge >= 0.3 is 29.8 Å². The number of phenolic OH excluding ortho intramolecular Hbond substituents is 4. The molecule has 7 heterocycles. The highest BCUT2D eigenvalue weighted by atomic mass is 16.8. The topological polar surface area (TPSA) is 396 Å². The summed E-state index contributed by atoms with van der Waals surface area (Å²) in [5.41, 5.74) is 3.83. The first kappa shape index (κ1) is 95.6. The molecule has 0 bridgehead atoms. The number of aromatic hydroxyl groups is 4. The molecule has 7 aliphatic heterocycles. The highest BCUT2D eigenvalue weighted by molar-refractivity contribution is 5.99. The highest BCUT2D eigenvalue weighted by Gasteiger charge is 2.55. The average molecular weight is 1760 g/mol. The Morgan fingerprint density at radius 3 is 1.04 bits per heavy atom. The summed E-state index contributed by atoms with van der Waals surface area (Å²) in [5, 5.41) is 62.4. The van der Waals surface area contributed by atoms with Crippen molar-refractivity contribution in [1.82, 2.24) is 0 Å². The predicted octanol–water partition coefficient (Wildman–Crippen LogP) is 14.8. The zero-order valence-corrected chi connectivity index (χ0v) is 74.8. The van der Waals surface area contributed by atoms with Gasteiger partial charge in [-0.15, -0.1) is 0 Å². The minimum absolute atomic E-state index is 0.0191. The number of aliphatic hydroxyl groups excluding tert-OH is 2. The summed E-state index contributed by atoms with van der Waals surface area (Å²) in [5.74, 6) is -4.42. The van der Waals surface area contributed by atoms with Crippen molar-refractivity contribution in [3.05, 3.63) is 178 Å². The molecule has 0 amide bonds. The number of esters is 5. The molecule has 29 nitrogen and oxygen atoms in total. The van der Waals surface area contributed by atoms with Crippen LogP contribution in [0.3, 0.4) is 0 Å². The monoisotopic (exact) mass is 1760 g/mol. The van der Waals surface area contributed by atoms with Crippen molar-refractivity contribution >= 4 is 47.2 Å². The molecule has 11 aliphatic rings. The van der Waals surface area contributed by atoms with Crippen LogP contribution in [0, 0.1) is 23.7 Å². The van der Waals surface area contributed by atoms with Crippen LogP contribution in [0.15, 0.2) is 127 Å². The largest absolute Gasteiger partial charge is 0.507 e. The molecule has 4 saturated carbocycles. The predicted molar refractivity (Wildman–Crippen MR) is 461 cm³/mol. The van der Waals surface area contributed by atoms with E-state index in [4.69, 9.17) is 71.1 Å². The van der Waals surface area contributed by atoms with Crippen LogP contribution in [0.25, 0.3) is 0 Å². The van der Waals surface area contributed by atoms with E-state index in [9.17, 15) is 69.0 Å². The van der Waals surface area contributed by atoms with Gasteiger partial charge in [0.25, 0.3) is 0 Å². The Morgan fingerprint density at radius 2 is 0.693 bits per heavy atom. The van der Waals surface area contributed by atoms with Crippen molar-refractivity contribution in [3.63, 3.8) is 0 Å². The third-order valence-corrected chi connectivity index (χ3v) is 24.3. The van der Waals surface area contributed by atoms with Gasteiger partial charge in [0, 0.05) is 49.9 Å². The quantitative estimate of drug-likeness (QED) is 0.0522. The van der Waals surface area contributed by atoms with Crippen molar-refractivity contribution in [2.24, 2.45) is 23.7 Å². The van der Waals surface area contributed by atoms with Gasteiger partial charge < -0.3 is 102 Å². The number of aliphatic hydroxyl groups is 2. The maximum Gasteiger partial charge on any atom is 0.342 e. The molecular formula is C98H120O29. The van der Waals surface area contributed by atoms with E-state index >= 15 is 0 Å². The standard InChI is InChI=1S/C30H34O8.2C23H28O7.C20H24O7.C2H6/c1-17-9-8-12-24(36-28(32)18-10-6-5-7-11-18)27-25(37-30(2,3)38-27)14-19-13-21(19)22-15-20(34-4)16-23(31)26(22)29(33)35-17;2*1-12-6-5-7-17(24)21-19(29-23(2,3)30-21)9-13-8-15(13)16-10-14(27-4)11-18(25)20(16)22(26)28-12;1-10-4-3-5-15(21)19(24)17(23)7-11-6-13(11)14-8-12(26-2)9-16(22)18(14)20(25)27-10;1-2/h5-8,10-12,15-17,19,21,24-25,27,31H,9,13-14H2,1-4H3;2*5,7,10-13,15,19,21,25H,6,8-9H2,1-4H3;3,5,8-11,13,17,19,22-24H,4,6-7H2,1-2H3;1-2H3/b12-8-;2*7-5-;5-3-;/t17-,19?,21?,24?,25-,27+;2*12-,13?,15?,19-,21+;10-,11?,13?,17-,19+;/m0000./s1. The summed E-state index contributed by atoms with van der Waals surface area (Å²) in [4.78, 5) is 102. The van der Waals surface area contributed by atoms with Crippen LogP contribution < -0.4 is 18.9 Å². The van der Waals surface area contributed by atoms with Gasteiger partial charge in [-0.05, 0) is 251 Å². The van der Waals surface area contributed by atoms with E-state index in [0.29, 0.717) is 95.8 Å². The van der Waals surface area contributed by atoms with Crippen LogP contribution in [0.4, 0.5) is 0 Å². The van der Waals surface area contributed by atoms with E-state index in [1.165, 1.54) is 77.0 Å². The molecule has 4 aliphatic carbocycles. The van der Waals surface area contributed by atoms with Gasteiger partial charge in [-0.2, -0.15) is 0 Å². The number of phenols is 4. The van der Waals surface area contributed by atoms with Gasteiger partial charge in [-0.3, -0.25) is 14.4 Å². The molecule has 16 rings (SSSR count). The summed E-state index contributed by atoms with van der Waals surface area (Å²) >= 11 is 0. The molecule has 0 aromatic heterocycles. The number of hydrogen-bond acceptors (Lipinski definition) is 29. The molecule has 5 aromatic carbocycles. The first-order valence-electron chi connectivity index (χ1n) is 43.8. The Morgan fingerprint density at radius 1 is 0.386 bits per heavy atom. The number of cyclic esters (lactones) is 4. The second-order valence-electron chi connectivity index (χ2n) is 35.5. The van der Waals surface area contributed by atoms with E-state index in [1.807, 2.05) is 67.5 Å². The first-order valence-corrected chi connectivity index (χ1v) is 43.8. The van der Waals surface area contributed by atoms with Crippen LogP contribution in [-0.4, -0.2) is 203 Å². The zero-order valence-electron chi connectivity index (χ0n) is 74.8. The number of rotatable bonds is 6. The number of carbonyl (C=O) groups is 8. The molecule has 5 aromatic rings. The Kier molecular flexibility index (Phi) is 30.4. The lowest BCUT2D eigenvalue weighted by molar-refractivity contribution is -0.153. The van der Waals surface area contributed by atoms with Gasteiger partial charge in [-0.1, -0.05) is 56.4 Å². The molecular weight excluding hydrogens is 1640 g/mol. The Labute approximate surface area is 739 Å². The highest BCUT2D eigenvalue weighted by Crippen LogP contribution is 2.59. The van der Waals surface area contributed by atoms with Gasteiger partial charge in [0.2, 0.25) is 0 Å². The Balaban J connectivity index is 0.000000154. The van der Waals surface area contributed by atoms with Gasteiger partial charge in [0.1, 0.15) is 123 Å². The summed E-state index contributed by atoms with van der Waals surface area (Å²) in [6.45, 7) is 21.9. The van der Waals surface area contributed by atoms with E-state index in [2.05, 4.69) is 0 Å².